The van der Waals surface area contributed by atoms with Crippen molar-refractivity contribution >= 4 is 5.82 Å². The molecule has 18 heavy (non-hydrogen) atoms. The van der Waals surface area contributed by atoms with Crippen LogP contribution in [0.3, 0.4) is 0 Å². The van der Waals surface area contributed by atoms with Crippen LogP contribution < -0.4 is 15.0 Å². The van der Waals surface area contributed by atoms with Crippen molar-refractivity contribution in [2.75, 3.05) is 38.2 Å². The lowest BCUT2D eigenvalue weighted by Crippen LogP contribution is -2.43. The van der Waals surface area contributed by atoms with E-state index in [0.717, 1.165) is 43.4 Å². The average molecular weight is 249 g/mol. The van der Waals surface area contributed by atoms with Gasteiger partial charge in [-0.15, -0.1) is 0 Å². The van der Waals surface area contributed by atoms with Crippen molar-refractivity contribution in [3.05, 3.63) is 17.7 Å². The van der Waals surface area contributed by atoms with Gasteiger partial charge in [0, 0.05) is 31.7 Å². The van der Waals surface area contributed by atoms with Gasteiger partial charge >= 0.3 is 0 Å². The van der Waals surface area contributed by atoms with Gasteiger partial charge < -0.3 is 15.0 Å². The van der Waals surface area contributed by atoms with Crippen molar-refractivity contribution in [3.8, 4) is 5.88 Å². The number of anilines is 1. The number of nitrogens with one attached hydrogen (secondary N) is 1. The van der Waals surface area contributed by atoms with E-state index in [1.54, 1.807) is 7.11 Å². The van der Waals surface area contributed by atoms with Gasteiger partial charge in [0.1, 0.15) is 5.82 Å². The Labute approximate surface area is 109 Å². The van der Waals surface area contributed by atoms with E-state index in [4.69, 9.17) is 4.74 Å². The maximum Gasteiger partial charge on any atom is 0.218 e. The fourth-order valence-corrected chi connectivity index (χ4v) is 2.23. The number of aromatic nitrogens is 1. The Morgan fingerprint density at radius 1 is 1.22 bits per heavy atom. The van der Waals surface area contributed by atoms with E-state index in [1.165, 1.54) is 0 Å². The maximum absolute atomic E-state index is 5.45. The summed E-state index contributed by atoms with van der Waals surface area (Å²) >= 11 is 0. The van der Waals surface area contributed by atoms with Gasteiger partial charge in [-0.1, -0.05) is 20.8 Å². The molecule has 2 heterocycles. The normalized spacial score (nSPS) is 16.8. The highest BCUT2D eigenvalue weighted by Gasteiger charge is 2.21. The van der Waals surface area contributed by atoms with E-state index in [9.17, 15) is 0 Å². The van der Waals surface area contributed by atoms with Crippen molar-refractivity contribution in [1.82, 2.24) is 10.3 Å². The summed E-state index contributed by atoms with van der Waals surface area (Å²) in [5.74, 6) is 1.76. The number of ether oxygens (including phenoxy) is 1. The molecule has 1 aliphatic heterocycles. The molecule has 1 aromatic heterocycles. The first-order valence-corrected chi connectivity index (χ1v) is 6.53. The lowest BCUT2D eigenvalue weighted by atomic mass is 9.88. The Hall–Kier alpha value is -1.29. The Bertz CT molecular complexity index is 406. The summed E-state index contributed by atoms with van der Waals surface area (Å²) in [5.41, 5.74) is 1.21. The van der Waals surface area contributed by atoms with Crippen LogP contribution in [0.4, 0.5) is 5.82 Å². The first-order valence-electron chi connectivity index (χ1n) is 6.53. The third kappa shape index (κ3) is 2.75. The molecule has 0 atom stereocenters. The highest BCUT2D eigenvalue weighted by molar-refractivity contribution is 5.46. The largest absolute Gasteiger partial charge is 0.481 e. The molecule has 4 nitrogen and oxygen atoms in total. The number of nitrogens with zero attached hydrogens (tertiary/aromatic N) is 2. The zero-order valence-corrected chi connectivity index (χ0v) is 11.8. The van der Waals surface area contributed by atoms with Gasteiger partial charge in [0.05, 0.1) is 7.11 Å². The van der Waals surface area contributed by atoms with E-state index >= 15 is 0 Å². The second-order valence-electron chi connectivity index (χ2n) is 5.71. The first-order chi connectivity index (χ1) is 8.52. The average Bonchev–Trinajstić information content (AvgIpc) is 2.38. The lowest BCUT2D eigenvalue weighted by molar-refractivity contribution is 0.380. The first kappa shape index (κ1) is 13.1. The van der Waals surface area contributed by atoms with E-state index in [1.807, 2.05) is 0 Å². The number of rotatable bonds is 2. The van der Waals surface area contributed by atoms with Crippen LogP contribution in [0.15, 0.2) is 12.1 Å². The van der Waals surface area contributed by atoms with Gasteiger partial charge in [0.2, 0.25) is 5.88 Å². The van der Waals surface area contributed by atoms with Gasteiger partial charge in [-0.3, -0.25) is 0 Å². The van der Waals surface area contributed by atoms with Gasteiger partial charge in [0.15, 0.2) is 0 Å². The molecule has 0 unspecified atom stereocenters. The van der Waals surface area contributed by atoms with Crippen LogP contribution in [0.2, 0.25) is 0 Å². The second kappa shape index (κ2) is 5.14. The molecule has 100 valence electrons. The topological polar surface area (TPSA) is 37.4 Å². The smallest absolute Gasteiger partial charge is 0.218 e. The molecule has 1 saturated heterocycles. The second-order valence-corrected chi connectivity index (χ2v) is 5.71. The molecule has 0 spiro atoms. The van der Waals surface area contributed by atoms with Gasteiger partial charge in [-0.25, -0.2) is 0 Å². The molecule has 1 fully saturated rings. The summed E-state index contributed by atoms with van der Waals surface area (Å²) in [4.78, 5) is 6.95. The van der Waals surface area contributed by atoms with Gasteiger partial charge in [-0.2, -0.15) is 4.98 Å². The molecule has 0 aliphatic carbocycles. The Balaban J connectivity index is 2.29. The molecular formula is C14H23N3O. The molecular weight excluding hydrogens is 226 g/mol. The molecule has 1 aromatic rings. The van der Waals surface area contributed by atoms with Gasteiger partial charge in [-0.05, 0) is 17.5 Å². The SMILES string of the molecule is COc1nc(N2CCNCC2)ccc1C(C)(C)C. The summed E-state index contributed by atoms with van der Waals surface area (Å²) in [5, 5.41) is 3.35. The minimum absolute atomic E-state index is 0.0559. The number of piperazine rings is 1. The zero-order valence-electron chi connectivity index (χ0n) is 11.8. The molecule has 0 bridgehead atoms. The molecule has 0 saturated carbocycles. The summed E-state index contributed by atoms with van der Waals surface area (Å²) in [6, 6.07) is 4.25. The summed E-state index contributed by atoms with van der Waals surface area (Å²) < 4.78 is 5.45. The van der Waals surface area contributed by atoms with Crippen molar-refractivity contribution in [1.29, 1.82) is 0 Å². The molecule has 0 radical (unpaired) electrons. The molecule has 1 N–H and O–H groups in total. The van der Waals surface area contributed by atoms with E-state index in [2.05, 4.69) is 48.1 Å². The van der Waals surface area contributed by atoms with Crippen molar-refractivity contribution in [2.24, 2.45) is 0 Å². The van der Waals surface area contributed by atoms with Crippen molar-refractivity contribution in [2.45, 2.75) is 26.2 Å². The predicted molar refractivity (Wildman–Crippen MR) is 74.6 cm³/mol. The summed E-state index contributed by atoms with van der Waals surface area (Å²) in [6.07, 6.45) is 0. The van der Waals surface area contributed by atoms with Crippen LogP contribution in [0.5, 0.6) is 5.88 Å². The summed E-state index contributed by atoms with van der Waals surface area (Å²) in [7, 11) is 1.69. The minimum Gasteiger partial charge on any atom is -0.481 e. The third-order valence-corrected chi connectivity index (χ3v) is 3.29. The van der Waals surface area contributed by atoms with E-state index in [-0.39, 0.29) is 5.41 Å². The van der Waals surface area contributed by atoms with Crippen LogP contribution in [0.1, 0.15) is 26.3 Å². The Morgan fingerprint density at radius 3 is 2.44 bits per heavy atom. The standard InChI is InChI=1S/C14H23N3O/c1-14(2,3)11-5-6-12(16-13(11)18-4)17-9-7-15-8-10-17/h5-6,15H,7-10H2,1-4H3. The highest BCUT2D eigenvalue weighted by Crippen LogP contribution is 2.31. The van der Waals surface area contributed by atoms with E-state index < -0.39 is 0 Å². The monoisotopic (exact) mass is 249 g/mol. The molecule has 2 rings (SSSR count). The fourth-order valence-electron chi connectivity index (χ4n) is 2.23. The Morgan fingerprint density at radius 2 is 1.89 bits per heavy atom. The number of hydrogen-bond acceptors (Lipinski definition) is 4. The van der Waals surface area contributed by atoms with Crippen LogP contribution in [-0.2, 0) is 5.41 Å². The predicted octanol–water partition coefficient (Wildman–Crippen LogP) is 1.80. The lowest BCUT2D eigenvalue weighted by Gasteiger charge is -2.29. The molecule has 0 amide bonds. The summed E-state index contributed by atoms with van der Waals surface area (Å²) in [6.45, 7) is 10.6. The van der Waals surface area contributed by atoms with Crippen LogP contribution >= 0.6 is 0 Å². The van der Waals surface area contributed by atoms with Gasteiger partial charge in [0.25, 0.3) is 0 Å². The fraction of sp³-hybridized carbons (Fsp3) is 0.643. The van der Waals surface area contributed by atoms with Crippen LogP contribution in [0.25, 0.3) is 0 Å². The molecule has 1 aliphatic rings. The molecule has 0 aromatic carbocycles. The Kier molecular flexibility index (Phi) is 3.76. The zero-order chi connectivity index (χ0) is 13.2. The van der Waals surface area contributed by atoms with Crippen molar-refractivity contribution in [3.63, 3.8) is 0 Å². The minimum atomic E-state index is 0.0559. The highest BCUT2D eigenvalue weighted by atomic mass is 16.5. The number of methoxy groups -OCH3 is 1. The van der Waals surface area contributed by atoms with Crippen molar-refractivity contribution < 1.29 is 4.74 Å². The maximum atomic E-state index is 5.45. The van der Waals surface area contributed by atoms with Crippen LogP contribution in [0, 0.1) is 0 Å². The quantitative estimate of drug-likeness (QED) is 0.867. The number of pyridine rings is 1. The molecule has 4 heteroatoms. The van der Waals surface area contributed by atoms with E-state index in [0.29, 0.717) is 0 Å². The van der Waals surface area contributed by atoms with Crippen LogP contribution in [-0.4, -0.2) is 38.3 Å². The number of hydrogen-bond donors (Lipinski definition) is 1. The third-order valence-electron chi connectivity index (χ3n) is 3.29.